The minimum Gasteiger partial charge on any atom is -0.361 e. The van der Waals surface area contributed by atoms with Gasteiger partial charge < -0.3 is 31.1 Å². The number of H-pyrrole nitrogens is 2. The number of aromatic amines is 2. The Hall–Kier alpha value is -3.91. The van der Waals surface area contributed by atoms with Gasteiger partial charge in [0.15, 0.2) is 0 Å². The predicted octanol–water partition coefficient (Wildman–Crippen LogP) is 1.95. The molecule has 8 heteroatoms. The van der Waals surface area contributed by atoms with Crippen LogP contribution >= 0.6 is 0 Å². The van der Waals surface area contributed by atoms with Gasteiger partial charge in [-0.1, -0.05) is 36.4 Å². The van der Waals surface area contributed by atoms with Crippen molar-refractivity contribution in [1.29, 1.82) is 0 Å². The second kappa shape index (κ2) is 9.70. The number of hydrogen-bond donors (Lipinski definition) is 5. The zero-order chi connectivity index (χ0) is 23.4. The summed E-state index contributed by atoms with van der Waals surface area (Å²) in [5, 5.41) is 7.37. The molecule has 2 heterocycles. The molecule has 2 aromatic carbocycles. The summed E-state index contributed by atoms with van der Waals surface area (Å²) in [6, 6.07) is 13.2. The highest BCUT2D eigenvalue weighted by Crippen LogP contribution is 2.20. The second-order valence-corrected chi connectivity index (χ2v) is 8.22. The van der Waals surface area contributed by atoms with Crippen LogP contribution in [0.3, 0.4) is 0 Å². The molecule has 0 spiro atoms. The lowest BCUT2D eigenvalue weighted by Crippen LogP contribution is -2.53. The molecule has 8 nitrogen and oxygen atoms in total. The third-order valence-corrected chi connectivity index (χ3v) is 5.81. The number of amides is 2. The zero-order valence-corrected chi connectivity index (χ0v) is 18.3. The minimum absolute atomic E-state index is 0.335. The molecule has 0 radical (unpaired) electrons. The van der Waals surface area contributed by atoms with E-state index in [1.165, 1.54) is 0 Å². The molecule has 170 valence electrons. The first-order valence-corrected chi connectivity index (χ1v) is 10.9. The number of nitrogens with two attached hydrogens (primary N) is 1. The van der Waals surface area contributed by atoms with E-state index in [1.54, 1.807) is 6.92 Å². The number of hydrogen-bond acceptors (Lipinski definition) is 4. The van der Waals surface area contributed by atoms with E-state index in [-0.39, 0.29) is 0 Å². The van der Waals surface area contributed by atoms with E-state index in [0.29, 0.717) is 19.1 Å². The normalized spacial score (nSPS) is 14.0. The van der Waals surface area contributed by atoms with Crippen LogP contribution in [0.1, 0.15) is 18.1 Å². The number of nitrogens with one attached hydrogen (secondary N) is 4. The minimum atomic E-state index is -0.836. The van der Waals surface area contributed by atoms with Crippen LogP contribution in [-0.4, -0.2) is 46.2 Å². The van der Waals surface area contributed by atoms with Crippen LogP contribution in [0.15, 0.2) is 60.9 Å². The highest BCUT2D eigenvalue weighted by molar-refractivity contribution is 5.91. The van der Waals surface area contributed by atoms with E-state index in [1.807, 2.05) is 60.9 Å². The third-order valence-electron chi connectivity index (χ3n) is 5.81. The standard InChI is InChI=1S/C25H27N5O3/c1-15(29-25(33)21(26)11-17-13-28-23-9-5-3-7-20(17)23)24(32)30-18(14-31)10-16-12-27-22-8-4-2-6-19(16)22/h2-9,12-15,18,21,27-28H,10-11,26H2,1H3,(H,29,33)(H,30,32)/t15-,18-,21-/m0/s1. The Morgan fingerprint density at radius 1 is 0.879 bits per heavy atom. The molecule has 6 N–H and O–H groups in total. The van der Waals surface area contributed by atoms with Gasteiger partial charge in [0.05, 0.1) is 12.1 Å². The summed E-state index contributed by atoms with van der Waals surface area (Å²) in [5.41, 5.74) is 9.91. The maximum Gasteiger partial charge on any atom is 0.242 e. The molecular weight excluding hydrogens is 418 g/mol. The predicted molar refractivity (Wildman–Crippen MR) is 128 cm³/mol. The lowest BCUT2D eigenvalue weighted by molar-refractivity contribution is -0.130. The first-order valence-electron chi connectivity index (χ1n) is 10.9. The van der Waals surface area contributed by atoms with Gasteiger partial charge in [-0.05, 0) is 36.6 Å². The van der Waals surface area contributed by atoms with Crippen molar-refractivity contribution in [3.8, 4) is 0 Å². The number of aldehydes is 1. The number of carbonyl (C=O) groups excluding carboxylic acids is 3. The number of benzene rings is 2. The van der Waals surface area contributed by atoms with Crippen LogP contribution in [0.5, 0.6) is 0 Å². The molecule has 4 aromatic rings. The molecule has 2 aromatic heterocycles. The zero-order valence-electron chi connectivity index (χ0n) is 18.3. The Morgan fingerprint density at radius 3 is 2.00 bits per heavy atom. The monoisotopic (exact) mass is 445 g/mol. The van der Waals surface area contributed by atoms with E-state index in [0.717, 1.165) is 32.9 Å². The van der Waals surface area contributed by atoms with Crippen molar-refractivity contribution in [1.82, 2.24) is 20.6 Å². The molecule has 2 amide bonds. The first-order chi connectivity index (χ1) is 16.0. The molecule has 0 fully saturated rings. The fourth-order valence-corrected chi connectivity index (χ4v) is 3.99. The van der Waals surface area contributed by atoms with Crippen molar-refractivity contribution in [3.05, 3.63) is 72.1 Å². The summed E-state index contributed by atoms with van der Waals surface area (Å²) in [5.74, 6) is -0.873. The smallest absolute Gasteiger partial charge is 0.242 e. The molecule has 0 saturated heterocycles. The number of rotatable bonds is 9. The van der Waals surface area contributed by atoms with Gasteiger partial charge in [0.1, 0.15) is 12.3 Å². The van der Waals surface area contributed by atoms with Crippen molar-refractivity contribution in [2.75, 3.05) is 0 Å². The summed E-state index contributed by atoms with van der Waals surface area (Å²) in [6.07, 6.45) is 5.06. The SMILES string of the molecule is C[C@H](NC(=O)[C@@H](N)Cc1c[nH]c2ccccc12)C(=O)N[C@H](C=O)Cc1c[nH]c2ccccc12. The molecule has 0 aliphatic heterocycles. The van der Waals surface area contributed by atoms with Crippen molar-refractivity contribution in [3.63, 3.8) is 0 Å². The molecule has 0 saturated carbocycles. The van der Waals surface area contributed by atoms with Crippen LogP contribution in [-0.2, 0) is 27.2 Å². The molecule has 0 unspecified atom stereocenters. The fourth-order valence-electron chi connectivity index (χ4n) is 3.99. The topological polar surface area (TPSA) is 133 Å². The summed E-state index contributed by atoms with van der Waals surface area (Å²) in [4.78, 5) is 43.1. The van der Waals surface area contributed by atoms with Crippen LogP contribution in [0.2, 0.25) is 0 Å². The van der Waals surface area contributed by atoms with Crippen molar-refractivity contribution in [2.24, 2.45) is 5.73 Å². The van der Waals surface area contributed by atoms with Crippen LogP contribution in [0, 0.1) is 0 Å². The van der Waals surface area contributed by atoms with Gasteiger partial charge in [-0.3, -0.25) is 9.59 Å². The number of aromatic nitrogens is 2. The van der Waals surface area contributed by atoms with Crippen molar-refractivity contribution >= 4 is 39.9 Å². The van der Waals surface area contributed by atoms with Gasteiger partial charge in [-0.2, -0.15) is 0 Å². The van der Waals surface area contributed by atoms with E-state index < -0.39 is 29.9 Å². The summed E-state index contributed by atoms with van der Waals surface area (Å²) >= 11 is 0. The van der Waals surface area contributed by atoms with Crippen molar-refractivity contribution in [2.45, 2.75) is 37.9 Å². The quantitative estimate of drug-likeness (QED) is 0.252. The summed E-state index contributed by atoms with van der Waals surface area (Å²) < 4.78 is 0. The molecule has 0 aliphatic carbocycles. The number of para-hydroxylation sites is 2. The molecular formula is C25H27N5O3. The first kappa shape index (κ1) is 22.3. The number of fused-ring (bicyclic) bond motifs is 2. The second-order valence-electron chi connectivity index (χ2n) is 8.22. The van der Waals surface area contributed by atoms with Gasteiger partial charge in [-0.15, -0.1) is 0 Å². The van der Waals surface area contributed by atoms with Gasteiger partial charge in [0, 0.05) is 40.6 Å². The van der Waals surface area contributed by atoms with Gasteiger partial charge in [0.25, 0.3) is 0 Å². The molecule has 33 heavy (non-hydrogen) atoms. The Balaban J connectivity index is 1.33. The highest BCUT2D eigenvalue weighted by Gasteiger charge is 2.23. The van der Waals surface area contributed by atoms with Gasteiger partial charge >= 0.3 is 0 Å². The average molecular weight is 446 g/mol. The lowest BCUT2D eigenvalue weighted by Gasteiger charge is -2.19. The lowest BCUT2D eigenvalue weighted by atomic mass is 10.0. The maximum absolute atomic E-state index is 12.6. The summed E-state index contributed by atoms with van der Waals surface area (Å²) in [7, 11) is 0. The Labute approximate surface area is 190 Å². The molecule has 4 rings (SSSR count). The van der Waals surface area contributed by atoms with Crippen LogP contribution in [0.4, 0.5) is 0 Å². The Bertz CT molecular complexity index is 1290. The van der Waals surface area contributed by atoms with E-state index in [4.69, 9.17) is 5.73 Å². The van der Waals surface area contributed by atoms with Crippen LogP contribution < -0.4 is 16.4 Å². The van der Waals surface area contributed by atoms with Gasteiger partial charge in [0.2, 0.25) is 11.8 Å². The maximum atomic E-state index is 12.6. The molecule has 3 atom stereocenters. The fraction of sp³-hybridized carbons (Fsp3) is 0.240. The van der Waals surface area contributed by atoms with E-state index in [9.17, 15) is 14.4 Å². The van der Waals surface area contributed by atoms with Crippen LogP contribution in [0.25, 0.3) is 21.8 Å². The van der Waals surface area contributed by atoms with Gasteiger partial charge in [-0.25, -0.2) is 0 Å². The average Bonchev–Trinajstić information content (AvgIpc) is 3.42. The number of carbonyl (C=O) groups is 3. The molecule has 0 aliphatic rings. The third kappa shape index (κ3) is 4.96. The van der Waals surface area contributed by atoms with E-state index >= 15 is 0 Å². The Morgan fingerprint density at radius 2 is 1.42 bits per heavy atom. The largest absolute Gasteiger partial charge is 0.361 e. The molecule has 0 bridgehead atoms. The van der Waals surface area contributed by atoms with E-state index in [2.05, 4.69) is 20.6 Å². The highest BCUT2D eigenvalue weighted by atomic mass is 16.2. The summed E-state index contributed by atoms with van der Waals surface area (Å²) in [6.45, 7) is 1.57. The van der Waals surface area contributed by atoms with Crippen molar-refractivity contribution < 1.29 is 14.4 Å². The Kier molecular flexibility index (Phi) is 6.55.